The number of rotatable bonds is 13. The summed E-state index contributed by atoms with van der Waals surface area (Å²) in [7, 11) is -9.22. The van der Waals surface area contributed by atoms with E-state index in [2.05, 4.69) is 34.4 Å². The topological polar surface area (TPSA) is 239 Å². The van der Waals surface area contributed by atoms with Crippen LogP contribution in [0, 0.1) is 11.8 Å². The summed E-state index contributed by atoms with van der Waals surface area (Å²) in [5.41, 5.74) is -3.28. The summed E-state index contributed by atoms with van der Waals surface area (Å²) in [5, 5.41) is 7.95. The highest BCUT2D eigenvalue weighted by molar-refractivity contribution is 7.65. The van der Waals surface area contributed by atoms with E-state index in [9.17, 15) is 23.5 Å². The molecule has 6 unspecified atom stereocenters. The van der Waals surface area contributed by atoms with Gasteiger partial charge in [0.05, 0.1) is 11.6 Å². The van der Waals surface area contributed by atoms with Gasteiger partial charge in [-0.05, 0) is 34.8 Å². The van der Waals surface area contributed by atoms with Crippen molar-refractivity contribution in [2.45, 2.75) is 49.1 Å². The Morgan fingerprint density at radius 1 is 1.12 bits per heavy atom. The van der Waals surface area contributed by atoms with E-state index < -0.39 is 51.2 Å². The summed E-state index contributed by atoms with van der Waals surface area (Å²) in [6.07, 6.45) is 4.00. The fourth-order valence-corrected chi connectivity index (χ4v) is 7.87. The lowest BCUT2D eigenvalue weighted by molar-refractivity contribution is -0.125. The molecule has 1 aromatic carbocycles. The highest BCUT2D eigenvalue weighted by Gasteiger charge is 2.70. The van der Waals surface area contributed by atoms with Crippen molar-refractivity contribution in [2.75, 3.05) is 39.5 Å². The minimum Gasteiger partial charge on any atom is -0.448 e. The molecule has 2 saturated carbocycles. The van der Waals surface area contributed by atoms with E-state index >= 15 is 0 Å². The van der Waals surface area contributed by atoms with E-state index in [0.717, 1.165) is 5.56 Å². The Labute approximate surface area is 284 Å². The average molecular weight is 721 g/mol. The molecule has 5 rings (SSSR count). The largest absolute Gasteiger partial charge is 0.544 e. The zero-order valence-electron chi connectivity index (χ0n) is 27.0. The number of carbonyl (C=O) groups excluding carboxylic acids is 3. The molecule has 1 saturated heterocycles. The lowest BCUT2D eigenvalue weighted by Crippen LogP contribution is -2.61. The van der Waals surface area contributed by atoms with Crippen molar-refractivity contribution in [2.24, 2.45) is 11.8 Å². The van der Waals surface area contributed by atoms with Gasteiger partial charge in [-0.2, -0.15) is 4.89 Å². The lowest BCUT2D eigenvalue weighted by Gasteiger charge is -2.32. The molecular formula is C29H40BN6O11P2+. The number of alkyl carbamates (subject to hydrolysis) is 1. The Hall–Kier alpha value is -3.34. The van der Waals surface area contributed by atoms with Crippen molar-refractivity contribution < 1.29 is 52.2 Å². The second-order valence-corrected chi connectivity index (χ2v) is 15.9. The fourth-order valence-electron chi connectivity index (χ4n) is 6.35. The molecule has 6 N–H and O–H groups in total. The van der Waals surface area contributed by atoms with Gasteiger partial charge in [0, 0.05) is 51.2 Å². The van der Waals surface area contributed by atoms with Gasteiger partial charge in [-0.3, -0.25) is 29.4 Å². The number of nitrogens with one attached hydrogen (secondary N) is 3. The Morgan fingerprint density at radius 2 is 1.82 bits per heavy atom. The Morgan fingerprint density at radius 3 is 2.39 bits per heavy atom. The molecule has 0 bridgehead atoms. The minimum absolute atomic E-state index is 0.0524. The van der Waals surface area contributed by atoms with Crippen LogP contribution in [0.25, 0.3) is 0 Å². The zero-order chi connectivity index (χ0) is 35.4. The predicted octanol–water partition coefficient (Wildman–Crippen LogP) is 0.962. The molecule has 17 nitrogen and oxygen atoms in total. The van der Waals surface area contributed by atoms with Crippen molar-refractivity contribution in [3.8, 4) is 0 Å². The first-order valence-corrected chi connectivity index (χ1v) is 18.8. The summed E-state index contributed by atoms with van der Waals surface area (Å²) in [6, 6.07) is 9.53. The summed E-state index contributed by atoms with van der Waals surface area (Å²) >= 11 is 0. The third kappa shape index (κ3) is 8.70. The number of hydrogen-bond donors (Lipinski definition) is 6. The van der Waals surface area contributed by atoms with Crippen LogP contribution in [0.3, 0.4) is 0 Å². The molecule has 3 amide bonds. The van der Waals surface area contributed by atoms with Gasteiger partial charge in [0.15, 0.2) is 0 Å². The summed E-state index contributed by atoms with van der Waals surface area (Å²) in [6.45, 7) is 5.45. The third-order valence-electron chi connectivity index (χ3n) is 9.10. The van der Waals surface area contributed by atoms with Crippen LogP contribution in [0.15, 0.2) is 48.9 Å². The Bertz CT molecular complexity index is 1560. The second-order valence-electron chi connectivity index (χ2n) is 12.7. The first-order chi connectivity index (χ1) is 23.3. The van der Waals surface area contributed by atoms with Crippen LogP contribution in [0.2, 0.25) is 0 Å². The highest BCUT2D eigenvalue weighted by Crippen LogP contribution is 2.55. The van der Waals surface area contributed by atoms with E-state index in [-0.39, 0.29) is 55.7 Å². The lowest BCUT2D eigenvalue weighted by atomic mass is 9.71. The average Bonchev–Trinajstić information content (AvgIpc) is 3.96. The number of amides is 3. The highest BCUT2D eigenvalue weighted by atomic mass is 31.2. The third-order valence-corrected chi connectivity index (χ3v) is 11.9. The van der Waals surface area contributed by atoms with Crippen LogP contribution in [-0.2, 0) is 28.0 Å². The predicted molar refractivity (Wildman–Crippen MR) is 174 cm³/mol. The van der Waals surface area contributed by atoms with Crippen LogP contribution in [0.1, 0.15) is 48.7 Å². The first kappa shape index (κ1) is 36.9. The Kier molecular flexibility index (Phi) is 11.5. The maximum atomic E-state index is 14.3. The number of aromatic nitrogens is 2. The van der Waals surface area contributed by atoms with Crippen LogP contribution in [0.4, 0.5) is 4.79 Å². The summed E-state index contributed by atoms with van der Waals surface area (Å²) in [5.74, 6) is -0.844. The molecule has 3 aliphatic rings. The van der Waals surface area contributed by atoms with E-state index in [1.54, 1.807) is 5.32 Å². The van der Waals surface area contributed by atoms with Gasteiger partial charge < -0.3 is 34.5 Å². The first-order valence-electron chi connectivity index (χ1n) is 15.8. The van der Waals surface area contributed by atoms with Crippen molar-refractivity contribution >= 4 is 40.6 Å². The van der Waals surface area contributed by atoms with Crippen LogP contribution < -0.4 is 16.0 Å². The van der Waals surface area contributed by atoms with Gasteiger partial charge in [0.2, 0.25) is 5.91 Å². The number of benzene rings is 1. The van der Waals surface area contributed by atoms with Crippen molar-refractivity contribution in [3.63, 3.8) is 0 Å². The molecule has 0 spiro atoms. The SMILES string of the molecule is CC(C)C1CC1(NC(=O)C1(NC(=O)c2cnccn2)CC1c1ccccc1)B1OCCN(CCOC(=O)NC([P+](=O)O)P(=O)(O)O)CCO1. The van der Waals surface area contributed by atoms with Crippen molar-refractivity contribution in [1.29, 1.82) is 0 Å². The number of carbonyl (C=O) groups is 3. The van der Waals surface area contributed by atoms with Gasteiger partial charge in [0.1, 0.15) is 17.8 Å². The minimum atomic E-state index is -5.07. The molecule has 20 heteroatoms. The number of nitrogens with zero attached hydrogens (tertiary/aromatic N) is 3. The monoisotopic (exact) mass is 721 g/mol. The standard InChI is InChI=1S/C29H39BN6O11P2/c1-19(2)21-17-29(21,30-46-14-11-36(12-15-47-30)10-13-45-26(39)33-27(48(40)41)49(42,43)44)35-25(38)28(16-22(28)20-6-4-3-5-7-20)34-24(37)23-18-31-8-9-32-23/h3-9,18-19,21-22,27H,10-17H2,1-2H3,(H5-,33,34,35,37,38,39,40,41,42,43,44)/p+1. The molecule has 3 fully saturated rings. The molecule has 1 aliphatic heterocycles. The van der Waals surface area contributed by atoms with Crippen molar-refractivity contribution in [3.05, 3.63) is 60.2 Å². The molecule has 6 atom stereocenters. The van der Waals surface area contributed by atoms with E-state index in [4.69, 9.17) is 28.7 Å². The Balaban J connectivity index is 1.21. The maximum Gasteiger partial charge on any atom is 0.544 e. The number of hydrogen-bond acceptors (Lipinski definition) is 11. The van der Waals surface area contributed by atoms with Gasteiger partial charge in [-0.25, -0.2) is 9.78 Å². The van der Waals surface area contributed by atoms with Crippen LogP contribution >= 0.6 is 15.6 Å². The van der Waals surface area contributed by atoms with E-state index in [1.807, 2.05) is 35.2 Å². The second kappa shape index (κ2) is 15.3. The van der Waals surface area contributed by atoms with Crippen LogP contribution in [0.5, 0.6) is 0 Å². The van der Waals surface area contributed by atoms with Crippen molar-refractivity contribution in [1.82, 2.24) is 30.8 Å². The van der Waals surface area contributed by atoms with Gasteiger partial charge in [-0.15, -0.1) is 0 Å². The molecule has 2 heterocycles. The summed E-state index contributed by atoms with van der Waals surface area (Å²) in [4.78, 5) is 76.9. The van der Waals surface area contributed by atoms with E-state index in [1.165, 1.54) is 18.6 Å². The zero-order valence-corrected chi connectivity index (χ0v) is 28.8. The molecular weight excluding hydrogens is 681 g/mol. The summed E-state index contributed by atoms with van der Waals surface area (Å²) < 4.78 is 39.9. The molecule has 2 aliphatic carbocycles. The quantitative estimate of drug-likeness (QED) is 0.125. The smallest absolute Gasteiger partial charge is 0.448 e. The molecule has 49 heavy (non-hydrogen) atoms. The van der Waals surface area contributed by atoms with Crippen LogP contribution in [-0.4, -0.2) is 111 Å². The normalized spacial score (nSPS) is 26.5. The van der Waals surface area contributed by atoms with E-state index in [0.29, 0.717) is 25.9 Å². The fraction of sp³-hybridized carbons (Fsp3) is 0.552. The van der Waals surface area contributed by atoms with Gasteiger partial charge in [-0.1, -0.05) is 44.2 Å². The molecule has 0 radical (unpaired) electrons. The molecule has 2 aromatic rings. The van der Waals surface area contributed by atoms with Gasteiger partial charge in [0.25, 0.3) is 5.91 Å². The molecule has 264 valence electrons. The molecule has 1 aromatic heterocycles. The maximum absolute atomic E-state index is 14.3. The number of ether oxygens (including phenoxy) is 1. The van der Waals surface area contributed by atoms with Gasteiger partial charge >= 0.3 is 34.4 Å².